The minimum Gasteiger partial charge on any atom is -0.310 e. The first-order valence-electron chi connectivity index (χ1n) is 7.50. The molecule has 0 aromatic heterocycles. The summed E-state index contributed by atoms with van der Waals surface area (Å²) in [5, 5.41) is 3.88. The van der Waals surface area contributed by atoms with Gasteiger partial charge in [0.2, 0.25) is 10.0 Å². The van der Waals surface area contributed by atoms with Crippen molar-refractivity contribution in [1.82, 2.24) is 10.0 Å². The maximum Gasteiger partial charge on any atom is 0.241 e. The van der Waals surface area contributed by atoms with Gasteiger partial charge in [-0.25, -0.2) is 13.1 Å². The third kappa shape index (κ3) is 3.59. The Morgan fingerprint density at radius 3 is 2.48 bits per heavy atom. The topological polar surface area (TPSA) is 58.2 Å². The van der Waals surface area contributed by atoms with Crippen molar-refractivity contribution < 1.29 is 8.42 Å². The van der Waals surface area contributed by atoms with Crippen molar-refractivity contribution in [3.05, 3.63) is 28.3 Å². The maximum atomic E-state index is 12.5. The van der Waals surface area contributed by atoms with Crippen LogP contribution in [0.2, 0.25) is 5.02 Å². The minimum absolute atomic E-state index is 0.0846. The summed E-state index contributed by atoms with van der Waals surface area (Å²) in [6.07, 6.45) is 5.35. The van der Waals surface area contributed by atoms with Gasteiger partial charge < -0.3 is 5.32 Å². The van der Waals surface area contributed by atoms with E-state index in [2.05, 4.69) is 10.0 Å². The number of rotatable bonds is 6. The molecular formula is C15H21ClN2O2S. The minimum atomic E-state index is -3.48. The predicted octanol–water partition coefficient (Wildman–Crippen LogP) is 2.73. The second-order valence-electron chi connectivity index (χ2n) is 6.09. The monoisotopic (exact) mass is 328 g/mol. The SMILES string of the molecule is Cc1c(CNC2CC2)cc(Cl)cc1S(=O)(=O)NC1CCC1. The normalized spacial score (nSPS) is 19.5. The van der Waals surface area contributed by atoms with E-state index in [4.69, 9.17) is 11.6 Å². The summed E-state index contributed by atoms with van der Waals surface area (Å²) < 4.78 is 27.8. The Balaban J connectivity index is 1.85. The van der Waals surface area contributed by atoms with Crippen LogP contribution < -0.4 is 10.0 Å². The number of benzene rings is 1. The van der Waals surface area contributed by atoms with Crippen molar-refractivity contribution in [3.8, 4) is 0 Å². The van der Waals surface area contributed by atoms with Gasteiger partial charge in [0.25, 0.3) is 0 Å². The molecule has 21 heavy (non-hydrogen) atoms. The molecule has 0 unspecified atom stereocenters. The third-order valence-electron chi connectivity index (χ3n) is 4.31. The number of nitrogens with one attached hydrogen (secondary N) is 2. The zero-order valence-electron chi connectivity index (χ0n) is 12.2. The van der Waals surface area contributed by atoms with Gasteiger partial charge in [-0.05, 0) is 55.9 Å². The lowest BCUT2D eigenvalue weighted by Crippen LogP contribution is -2.39. The van der Waals surface area contributed by atoms with Crippen molar-refractivity contribution in [2.45, 2.75) is 62.6 Å². The molecule has 2 saturated carbocycles. The number of halogens is 1. The highest BCUT2D eigenvalue weighted by Gasteiger charge is 2.27. The molecular weight excluding hydrogens is 308 g/mol. The third-order valence-corrected chi connectivity index (χ3v) is 6.17. The molecule has 3 rings (SSSR count). The molecule has 116 valence electrons. The highest BCUT2D eigenvalue weighted by molar-refractivity contribution is 7.89. The molecule has 0 bridgehead atoms. The van der Waals surface area contributed by atoms with Crippen LogP contribution in [0.15, 0.2) is 17.0 Å². The van der Waals surface area contributed by atoms with Gasteiger partial charge in [-0.3, -0.25) is 0 Å². The van der Waals surface area contributed by atoms with Crippen LogP contribution in [0.5, 0.6) is 0 Å². The second-order valence-corrected chi connectivity index (χ2v) is 8.21. The summed E-state index contributed by atoms with van der Waals surface area (Å²) in [5.41, 5.74) is 1.75. The molecule has 2 fully saturated rings. The average molecular weight is 329 g/mol. The first-order chi connectivity index (χ1) is 9.95. The molecule has 0 heterocycles. The Morgan fingerprint density at radius 1 is 1.19 bits per heavy atom. The quantitative estimate of drug-likeness (QED) is 0.844. The zero-order valence-corrected chi connectivity index (χ0v) is 13.7. The average Bonchev–Trinajstić information content (AvgIpc) is 3.18. The molecule has 2 N–H and O–H groups in total. The van der Waals surface area contributed by atoms with Gasteiger partial charge in [0.1, 0.15) is 0 Å². The fourth-order valence-corrected chi connectivity index (χ4v) is 4.44. The van der Waals surface area contributed by atoms with E-state index < -0.39 is 10.0 Å². The first kappa shape index (κ1) is 15.3. The first-order valence-corrected chi connectivity index (χ1v) is 9.36. The molecule has 0 aliphatic heterocycles. The van der Waals surface area contributed by atoms with Crippen LogP contribution in [0, 0.1) is 6.92 Å². The second kappa shape index (κ2) is 5.88. The van der Waals surface area contributed by atoms with E-state index in [9.17, 15) is 8.42 Å². The van der Waals surface area contributed by atoms with Gasteiger partial charge in [-0.1, -0.05) is 18.0 Å². The molecule has 6 heteroatoms. The van der Waals surface area contributed by atoms with Gasteiger partial charge >= 0.3 is 0 Å². The Hall–Kier alpha value is -0.620. The summed E-state index contributed by atoms with van der Waals surface area (Å²) >= 11 is 6.12. The summed E-state index contributed by atoms with van der Waals surface area (Å²) in [4.78, 5) is 0.314. The zero-order chi connectivity index (χ0) is 15.0. The van der Waals surface area contributed by atoms with Crippen molar-refractivity contribution in [1.29, 1.82) is 0 Å². The number of sulfonamides is 1. The van der Waals surface area contributed by atoms with Gasteiger partial charge in [0.15, 0.2) is 0 Å². The fraction of sp³-hybridized carbons (Fsp3) is 0.600. The van der Waals surface area contributed by atoms with E-state index in [-0.39, 0.29) is 6.04 Å². The Kier molecular flexibility index (Phi) is 4.28. The van der Waals surface area contributed by atoms with E-state index in [1.54, 1.807) is 6.07 Å². The number of hydrogen-bond donors (Lipinski definition) is 2. The van der Waals surface area contributed by atoms with E-state index in [1.807, 2.05) is 13.0 Å². The molecule has 2 aliphatic carbocycles. The molecule has 0 saturated heterocycles. The highest BCUT2D eigenvalue weighted by atomic mass is 35.5. The van der Waals surface area contributed by atoms with Crippen LogP contribution in [-0.4, -0.2) is 20.5 Å². The highest BCUT2D eigenvalue weighted by Crippen LogP contribution is 2.28. The van der Waals surface area contributed by atoms with Crippen molar-refractivity contribution in [2.75, 3.05) is 0 Å². The van der Waals surface area contributed by atoms with E-state index in [1.165, 1.54) is 12.8 Å². The Labute approximate surface area is 131 Å². The Bertz CT molecular complexity index is 637. The van der Waals surface area contributed by atoms with Crippen LogP contribution in [0.3, 0.4) is 0 Å². The van der Waals surface area contributed by atoms with E-state index >= 15 is 0 Å². The summed E-state index contributed by atoms with van der Waals surface area (Å²) in [6.45, 7) is 2.53. The van der Waals surface area contributed by atoms with Gasteiger partial charge in [0.05, 0.1) is 4.90 Å². The van der Waals surface area contributed by atoms with Crippen LogP contribution in [0.1, 0.15) is 43.2 Å². The van der Waals surface area contributed by atoms with Gasteiger partial charge in [-0.15, -0.1) is 0 Å². The van der Waals surface area contributed by atoms with E-state index in [0.717, 1.165) is 30.4 Å². The van der Waals surface area contributed by atoms with Crippen LogP contribution in [0.25, 0.3) is 0 Å². The molecule has 1 aromatic carbocycles. The lowest BCUT2D eigenvalue weighted by Gasteiger charge is -2.26. The fourth-order valence-electron chi connectivity index (χ4n) is 2.52. The lowest BCUT2D eigenvalue weighted by molar-refractivity contribution is 0.383. The van der Waals surface area contributed by atoms with E-state index in [0.29, 0.717) is 22.5 Å². The van der Waals surface area contributed by atoms with Crippen LogP contribution >= 0.6 is 11.6 Å². The molecule has 4 nitrogen and oxygen atoms in total. The molecule has 2 aliphatic rings. The summed E-state index contributed by atoms with van der Waals surface area (Å²) in [6, 6.07) is 4.07. The summed E-state index contributed by atoms with van der Waals surface area (Å²) in [5.74, 6) is 0. The molecule has 0 atom stereocenters. The largest absolute Gasteiger partial charge is 0.310 e. The van der Waals surface area contributed by atoms with Crippen molar-refractivity contribution in [2.24, 2.45) is 0 Å². The van der Waals surface area contributed by atoms with Gasteiger partial charge in [-0.2, -0.15) is 0 Å². The number of hydrogen-bond acceptors (Lipinski definition) is 3. The molecule has 0 radical (unpaired) electrons. The molecule has 0 spiro atoms. The van der Waals surface area contributed by atoms with Crippen LogP contribution in [0.4, 0.5) is 0 Å². The van der Waals surface area contributed by atoms with Crippen LogP contribution in [-0.2, 0) is 16.6 Å². The summed E-state index contributed by atoms with van der Waals surface area (Å²) in [7, 11) is -3.48. The van der Waals surface area contributed by atoms with Crippen molar-refractivity contribution >= 4 is 21.6 Å². The van der Waals surface area contributed by atoms with Crippen molar-refractivity contribution in [3.63, 3.8) is 0 Å². The van der Waals surface area contributed by atoms with Gasteiger partial charge in [0, 0.05) is 23.7 Å². The predicted molar refractivity (Wildman–Crippen MR) is 84.0 cm³/mol. The molecule has 0 amide bonds. The lowest BCUT2D eigenvalue weighted by atomic mass is 9.94. The Morgan fingerprint density at radius 2 is 1.90 bits per heavy atom. The smallest absolute Gasteiger partial charge is 0.241 e. The molecule has 1 aromatic rings. The standard InChI is InChI=1S/C15H21ClN2O2S/c1-10-11(9-17-13-5-6-13)7-12(16)8-15(10)21(19,20)18-14-3-2-4-14/h7-8,13-14,17-18H,2-6,9H2,1H3. The maximum absolute atomic E-state index is 12.5.